The lowest BCUT2D eigenvalue weighted by Crippen LogP contribution is -2.32. The second-order valence-corrected chi connectivity index (χ2v) is 8.13. The number of methoxy groups -OCH3 is 2. The van der Waals surface area contributed by atoms with Crippen molar-refractivity contribution in [2.24, 2.45) is 0 Å². The van der Waals surface area contributed by atoms with Gasteiger partial charge in [-0.15, -0.1) is 0 Å². The molecule has 0 bridgehead atoms. The number of ether oxygens (including phenoxy) is 2. The Morgan fingerprint density at radius 1 is 0.789 bits per heavy atom. The van der Waals surface area contributed by atoms with E-state index in [1.807, 2.05) is 0 Å². The van der Waals surface area contributed by atoms with E-state index in [-0.39, 0.29) is 11.3 Å². The van der Waals surface area contributed by atoms with Crippen LogP contribution in [0.25, 0.3) is 11.1 Å². The van der Waals surface area contributed by atoms with Gasteiger partial charge in [-0.3, -0.25) is 19.6 Å². The van der Waals surface area contributed by atoms with Gasteiger partial charge in [-0.05, 0) is 70.5 Å². The minimum atomic E-state index is -1.81. The molecule has 0 unspecified atom stereocenters. The van der Waals surface area contributed by atoms with Crippen LogP contribution < -0.4 is 14.9 Å². The largest absolute Gasteiger partial charge is 0.497 e. The molecule has 0 saturated heterocycles. The Labute approximate surface area is 226 Å². The fraction of sp³-hybridized carbons (Fsp3) is 0.0769. The van der Waals surface area contributed by atoms with E-state index in [2.05, 4.69) is 25.9 Å². The monoisotopic (exact) mass is 586 g/mol. The summed E-state index contributed by atoms with van der Waals surface area (Å²) in [6.07, 6.45) is 4.41. The second-order valence-electron chi connectivity index (χ2n) is 7.22. The quantitative estimate of drug-likeness (QED) is 0.258. The fourth-order valence-corrected chi connectivity index (χ4v) is 3.03. The summed E-state index contributed by atoms with van der Waals surface area (Å²) in [7, 11) is 1.13. The van der Waals surface area contributed by atoms with E-state index < -0.39 is 12.9 Å². The molecule has 2 N–H and O–H groups in total. The summed E-state index contributed by atoms with van der Waals surface area (Å²) in [5, 5.41) is 17.4. The van der Waals surface area contributed by atoms with Gasteiger partial charge < -0.3 is 19.5 Å². The van der Waals surface area contributed by atoms with Crippen molar-refractivity contribution in [2.45, 2.75) is 0 Å². The van der Waals surface area contributed by atoms with Gasteiger partial charge in [-0.25, -0.2) is 8.78 Å². The molecule has 0 aliphatic carbocycles. The summed E-state index contributed by atoms with van der Waals surface area (Å²) in [6.45, 7) is 0. The van der Waals surface area contributed by atoms with Crippen LogP contribution in [-0.2, 0) is 0 Å². The number of carbonyl (C=O) groups excluding carboxylic acids is 2. The van der Waals surface area contributed by atoms with E-state index in [0.717, 1.165) is 10.5 Å². The van der Waals surface area contributed by atoms with Gasteiger partial charge in [0.15, 0.2) is 12.6 Å². The van der Waals surface area contributed by atoms with Gasteiger partial charge >= 0.3 is 7.12 Å². The summed E-state index contributed by atoms with van der Waals surface area (Å²) in [4.78, 5) is 28.2. The maximum atomic E-state index is 13.6. The van der Waals surface area contributed by atoms with Crippen LogP contribution in [0.5, 0.6) is 11.5 Å². The number of pyridine rings is 2. The van der Waals surface area contributed by atoms with Crippen molar-refractivity contribution in [1.82, 2.24) is 9.97 Å². The number of halogens is 3. The Bertz CT molecular complexity index is 1340. The lowest BCUT2D eigenvalue weighted by Gasteiger charge is -2.06. The molecule has 0 fully saturated rings. The van der Waals surface area contributed by atoms with Crippen molar-refractivity contribution in [2.75, 3.05) is 14.2 Å². The van der Waals surface area contributed by atoms with Crippen LogP contribution in [0.15, 0.2) is 77.5 Å². The third-order valence-corrected chi connectivity index (χ3v) is 5.21. The minimum absolute atomic E-state index is 0.186. The Hall–Kier alpha value is -4.00. The molecular weight excluding hydrogens is 565 g/mol. The number of hydrogen-bond acceptors (Lipinski definition) is 8. The molecule has 8 nitrogen and oxygen atoms in total. The van der Waals surface area contributed by atoms with Gasteiger partial charge in [0.25, 0.3) is 0 Å². The molecule has 2 heterocycles. The van der Waals surface area contributed by atoms with Gasteiger partial charge in [0, 0.05) is 33.5 Å². The zero-order valence-electron chi connectivity index (χ0n) is 20.2. The third kappa shape index (κ3) is 9.14. The van der Waals surface area contributed by atoms with Gasteiger partial charge in [-0.1, -0.05) is 6.07 Å². The number of nitrogens with zero attached hydrogens (tertiary/aromatic N) is 2. The molecule has 4 rings (SSSR count). The highest BCUT2D eigenvalue weighted by molar-refractivity contribution is 9.10. The molecule has 2 aromatic carbocycles. The molecule has 0 amide bonds. The number of carbonyl (C=O) groups is 2. The van der Waals surface area contributed by atoms with Crippen LogP contribution in [-0.4, -0.2) is 53.9 Å². The Balaban J connectivity index is 0.000000212. The minimum Gasteiger partial charge on any atom is -0.497 e. The van der Waals surface area contributed by atoms with E-state index in [9.17, 15) is 18.4 Å². The van der Waals surface area contributed by atoms with Gasteiger partial charge in [-0.2, -0.15) is 0 Å². The Morgan fingerprint density at radius 2 is 1.34 bits per heavy atom. The summed E-state index contributed by atoms with van der Waals surface area (Å²) in [5.74, 6) is -0.0578. The first-order valence-corrected chi connectivity index (χ1v) is 11.5. The van der Waals surface area contributed by atoms with Crippen molar-refractivity contribution in [3.63, 3.8) is 0 Å². The first-order chi connectivity index (χ1) is 18.2. The molecule has 2 aromatic heterocycles. The number of benzene rings is 2. The van der Waals surface area contributed by atoms with Crippen molar-refractivity contribution < 1.29 is 37.9 Å². The van der Waals surface area contributed by atoms with Crippen LogP contribution in [0, 0.1) is 11.6 Å². The number of hydrogen-bond donors (Lipinski definition) is 2. The highest BCUT2D eigenvalue weighted by Crippen LogP contribution is 2.26. The lowest BCUT2D eigenvalue weighted by atomic mass is 9.80. The van der Waals surface area contributed by atoms with E-state index in [0.29, 0.717) is 46.6 Å². The van der Waals surface area contributed by atoms with Crippen LogP contribution in [0.4, 0.5) is 8.78 Å². The zero-order valence-corrected chi connectivity index (χ0v) is 21.8. The van der Waals surface area contributed by atoms with E-state index in [4.69, 9.17) is 19.5 Å². The summed E-state index contributed by atoms with van der Waals surface area (Å²) in [6, 6.07) is 14.8. The lowest BCUT2D eigenvalue weighted by molar-refractivity contribution is 0.111. The highest BCUT2D eigenvalue weighted by atomic mass is 79.9. The molecule has 38 heavy (non-hydrogen) atoms. The zero-order chi connectivity index (χ0) is 28.1. The van der Waals surface area contributed by atoms with Gasteiger partial charge in [0.1, 0.15) is 34.5 Å². The average molecular weight is 587 g/mol. The molecule has 0 radical (unpaired) electrons. The van der Waals surface area contributed by atoms with E-state index >= 15 is 0 Å². The van der Waals surface area contributed by atoms with Crippen molar-refractivity contribution >= 4 is 41.1 Å². The van der Waals surface area contributed by atoms with Crippen LogP contribution in [0.3, 0.4) is 0 Å². The van der Waals surface area contributed by atoms with Crippen LogP contribution in [0.2, 0.25) is 0 Å². The second kappa shape index (κ2) is 15.3. The molecule has 0 aliphatic heterocycles. The average Bonchev–Trinajstić information content (AvgIpc) is 2.94. The van der Waals surface area contributed by atoms with E-state index in [1.54, 1.807) is 42.6 Å². The normalized spacial score (nSPS) is 9.66. The summed E-state index contributed by atoms with van der Waals surface area (Å²) in [5.41, 5.74) is 1.59. The fourth-order valence-electron chi connectivity index (χ4n) is 2.79. The molecule has 4 aromatic rings. The SMILES string of the molecule is COc1ccc(F)c(-c2ccc(C=O)nc2)c1.COc1ccc(F)c(B(O)O)c1.O=Cc1ccc(Br)cn1. The smallest absolute Gasteiger partial charge is 0.491 e. The Morgan fingerprint density at radius 3 is 1.82 bits per heavy atom. The van der Waals surface area contributed by atoms with Crippen LogP contribution >= 0.6 is 15.9 Å². The van der Waals surface area contributed by atoms with Crippen molar-refractivity contribution in [3.8, 4) is 22.6 Å². The predicted molar refractivity (Wildman–Crippen MR) is 142 cm³/mol. The molecule has 0 aliphatic rings. The highest BCUT2D eigenvalue weighted by Gasteiger charge is 2.16. The number of aldehydes is 2. The molecule has 0 saturated carbocycles. The van der Waals surface area contributed by atoms with Crippen LogP contribution in [0.1, 0.15) is 21.0 Å². The Kier molecular flexibility index (Phi) is 12.2. The van der Waals surface area contributed by atoms with E-state index in [1.165, 1.54) is 38.6 Å². The molecular formula is C26H22BBrF2N2O6. The maximum absolute atomic E-state index is 13.6. The summed E-state index contributed by atoms with van der Waals surface area (Å²) < 4.78 is 37.1. The molecule has 12 heteroatoms. The molecule has 0 spiro atoms. The predicted octanol–water partition coefficient (Wildman–Crippen LogP) is 3.88. The van der Waals surface area contributed by atoms with Gasteiger partial charge in [0.2, 0.25) is 0 Å². The maximum Gasteiger partial charge on any atom is 0.491 e. The first-order valence-electron chi connectivity index (χ1n) is 10.7. The standard InChI is InChI=1S/C13H10FNO2.C7H8BFO3.C6H4BrNO/c1-17-11-4-5-13(14)12(6-11)9-2-3-10(8-16)15-7-9;1-12-5-2-3-7(9)6(4-5)8(10)11;7-5-1-2-6(4-9)8-3-5/h2-8H,1H3;2-4,10-11H,1H3;1-4H. The number of rotatable bonds is 6. The summed E-state index contributed by atoms with van der Waals surface area (Å²) >= 11 is 3.20. The first kappa shape index (κ1) is 30.2. The topological polar surface area (TPSA) is 119 Å². The third-order valence-electron chi connectivity index (χ3n) is 4.74. The van der Waals surface area contributed by atoms with Crippen molar-refractivity contribution in [3.05, 3.63) is 101 Å². The molecule has 0 atom stereocenters. The van der Waals surface area contributed by atoms with Crippen molar-refractivity contribution in [1.29, 1.82) is 0 Å². The molecule has 196 valence electrons. The number of aromatic nitrogens is 2. The van der Waals surface area contributed by atoms with Gasteiger partial charge in [0.05, 0.1) is 14.2 Å².